The molecule has 0 aliphatic carbocycles. The van der Waals surface area contributed by atoms with Crippen molar-refractivity contribution in [3.63, 3.8) is 0 Å². The molecule has 0 bridgehead atoms. The molecule has 0 saturated carbocycles. The molecule has 47 heavy (non-hydrogen) atoms. The van der Waals surface area contributed by atoms with Gasteiger partial charge in [0.05, 0.1) is 34.1 Å². The second kappa shape index (κ2) is 11.8. The van der Waals surface area contributed by atoms with E-state index in [1.807, 2.05) is 125 Å². The van der Waals surface area contributed by atoms with Gasteiger partial charge in [-0.3, -0.25) is 0 Å². The highest BCUT2D eigenvalue weighted by Crippen LogP contribution is 2.42. The molecule has 5 aromatic carbocycles. The molecule has 0 N–H and O–H groups in total. The van der Waals surface area contributed by atoms with Gasteiger partial charge in [0.25, 0.3) is 0 Å². The first-order chi connectivity index (χ1) is 22.6. The molecule has 9 heteroatoms. The van der Waals surface area contributed by atoms with Crippen LogP contribution in [0.5, 0.6) is 0 Å². The number of hydrogen-bond acceptors (Lipinski definition) is 7. The molecular formula is C38H32F2N6S. The number of halogens is 2. The normalized spacial score (nSPS) is 11.4. The summed E-state index contributed by atoms with van der Waals surface area (Å²) in [4.78, 5) is 13.8. The van der Waals surface area contributed by atoms with E-state index < -0.39 is 0 Å². The van der Waals surface area contributed by atoms with Crippen LogP contribution >= 0.6 is 11.7 Å². The highest BCUT2D eigenvalue weighted by atomic mass is 32.1. The van der Waals surface area contributed by atoms with Gasteiger partial charge in [0.2, 0.25) is 0 Å². The predicted molar refractivity (Wildman–Crippen MR) is 190 cm³/mol. The number of nitrogens with zero attached hydrogens (tertiary/aromatic N) is 6. The summed E-state index contributed by atoms with van der Waals surface area (Å²) in [5, 5.41) is 0. The van der Waals surface area contributed by atoms with E-state index in [1.165, 1.54) is 0 Å². The van der Waals surface area contributed by atoms with Gasteiger partial charge < -0.3 is 9.80 Å². The Morgan fingerprint density at radius 2 is 0.851 bits per heavy atom. The van der Waals surface area contributed by atoms with E-state index in [0.717, 1.165) is 78.9 Å². The lowest BCUT2D eigenvalue weighted by molar-refractivity contribution is 0.630. The first-order valence-electron chi connectivity index (χ1n) is 15.2. The van der Waals surface area contributed by atoms with Gasteiger partial charge in [-0.2, -0.15) is 8.75 Å². The molecule has 2 aromatic heterocycles. The monoisotopic (exact) mass is 642 g/mol. The quantitative estimate of drug-likeness (QED) is 0.180. The summed E-state index contributed by atoms with van der Waals surface area (Å²) in [5.41, 5.74) is 12.2. The zero-order valence-electron chi connectivity index (χ0n) is 26.9. The molecule has 234 valence electrons. The van der Waals surface area contributed by atoms with Crippen molar-refractivity contribution in [2.45, 2.75) is 13.8 Å². The van der Waals surface area contributed by atoms with Gasteiger partial charge in [-0.1, -0.05) is 48.5 Å². The highest BCUT2D eigenvalue weighted by molar-refractivity contribution is 7.00. The van der Waals surface area contributed by atoms with Crippen LogP contribution in [0, 0.1) is 25.5 Å². The van der Waals surface area contributed by atoms with E-state index >= 15 is 8.78 Å². The molecular weight excluding hydrogens is 611 g/mol. The minimum absolute atomic E-state index is 0.277. The van der Waals surface area contributed by atoms with Crippen molar-refractivity contribution in [3.8, 4) is 44.5 Å². The standard InChI is InChI=1S/C38H32F2N6S/c1-21-22(2)42-36-34(26-13-9-24(10-14-26)30-18-16-28(46(5)6)20-32(30)40)38-37(43-47-44-38)33(35(36)41-21)25-11-7-23(8-12-25)29-17-15-27(45(3)4)19-31(29)39/h7-20H,1-6H3. The van der Waals surface area contributed by atoms with Crippen LogP contribution in [0.2, 0.25) is 0 Å². The molecule has 6 nitrogen and oxygen atoms in total. The Bertz CT molecular complexity index is 2130. The molecule has 0 aliphatic rings. The zero-order valence-corrected chi connectivity index (χ0v) is 27.7. The van der Waals surface area contributed by atoms with Crippen LogP contribution in [0.3, 0.4) is 0 Å². The highest BCUT2D eigenvalue weighted by Gasteiger charge is 2.23. The Hall–Kier alpha value is -5.28. The minimum atomic E-state index is -0.277. The summed E-state index contributed by atoms with van der Waals surface area (Å²) in [6.07, 6.45) is 0. The average molecular weight is 643 g/mol. The molecule has 0 saturated heterocycles. The number of aryl methyl sites for hydroxylation is 2. The van der Waals surface area contributed by atoms with Gasteiger partial charge in [0, 0.05) is 61.8 Å². The maximum atomic E-state index is 15.1. The molecule has 0 unspecified atom stereocenters. The van der Waals surface area contributed by atoms with Gasteiger partial charge in [-0.15, -0.1) is 0 Å². The third-order valence-corrected chi connectivity index (χ3v) is 9.18. The van der Waals surface area contributed by atoms with Crippen LogP contribution in [0.4, 0.5) is 20.2 Å². The van der Waals surface area contributed by atoms with E-state index in [-0.39, 0.29) is 11.6 Å². The minimum Gasteiger partial charge on any atom is -0.378 e. The number of anilines is 2. The fourth-order valence-corrected chi connectivity index (χ4v) is 6.46. The van der Waals surface area contributed by atoms with Crippen molar-refractivity contribution in [1.29, 1.82) is 0 Å². The largest absolute Gasteiger partial charge is 0.378 e. The van der Waals surface area contributed by atoms with Crippen molar-refractivity contribution in [2.24, 2.45) is 0 Å². The summed E-state index contributed by atoms with van der Waals surface area (Å²) in [6, 6.07) is 26.1. The van der Waals surface area contributed by atoms with E-state index in [1.54, 1.807) is 12.1 Å². The van der Waals surface area contributed by atoms with Crippen LogP contribution in [0.25, 0.3) is 66.6 Å². The lowest BCUT2D eigenvalue weighted by Gasteiger charge is -2.16. The Labute approximate surface area is 276 Å². The van der Waals surface area contributed by atoms with Gasteiger partial charge >= 0.3 is 0 Å². The maximum Gasteiger partial charge on any atom is 0.133 e. The summed E-state index contributed by atoms with van der Waals surface area (Å²) in [7, 11) is 7.56. The van der Waals surface area contributed by atoms with Gasteiger partial charge in [-0.25, -0.2) is 18.7 Å². The first-order valence-corrected chi connectivity index (χ1v) is 15.9. The fraction of sp³-hybridized carbons (Fsp3) is 0.158. The van der Waals surface area contributed by atoms with Crippen molar-refractivity contribution in [1.82, 2.24) is 18.7 Å². The topological polar surface area (TPSA) is 58.0 Å². The Morgan fingerprint density at radius 1 is 0.489 bits per heavy atom. The third-order valence-electron chi connectivity index (χ3n) is 8.65. The van der Waals surface area contributed by atoms with Crippen molar-refractivity contribution < 1.29 is 8.78 Å². The number of rotatable bonds is 6. The predicted octanol–water partition coefficient (Wildman–Crippen LogP) is 9.33. The van der Waals surface area contributed by atoms with Crippen molar-refractivity contribution in [3.05, 3.63) is 108 Å². The second-order valence-electron chi connectivity index (χ2n) is 12.1. The van der Waals surface area contributed by atoms with Crippen LogP contribution in [-0.2, 0) is 0 Å². The Morgan fingerprint density at radius 3 is 1.19 bits per heavy atom. The summed E-state index contributed by atoms with van der Waals surface area (Å²) in [5.74, 6) is -0.553. The summed E-state index contributed by atoms with van der Waals surface area (Å²) < 4.78 is 39.7. The lowest BCUT2D eigenvalue weighted by atomic mass is 9.93. The number of benzene rings is 5. The molecule has 0 amide bonds. The van der Waals surface area contributed by atoms with Crippen LogP contribution < -0.4 is 9.80 Å². The number of aromatic nitrogens is 4. The second-order valence-corrected chi connectivity index (χ2v) is 12.6. The maximum absolute atomic E-state index is 15.1. The smallest absolute Gasteiger partial charge is 0.133 e. The van der Waals surface area contributed by atoms with Crippen LogP contribution in [-0.4, -0.2) is 46.9 Å². The Kier molecular flexibility index (Phi) is 7.64. The molecule has 0 fully saturated rings. The van der Waals surface area contributed by atoms with Gasteiger partial charge in [0.15, 0.2) is 0 Å². The average Bonchev–Trinajstić information content (AvgIpc) is 3.54. The molecule has 7 rings (SSSR count). The summed E-state index contributed by atoms with van der Waals surface area (Å²) >= 11 is 1.14. The molecule has 2 heterocycles. The van der Waals surface area contributed by atoms with Crippen LogP contribution in [0.1, 0.15) is 11.4 Å². The molecule has 0 spiro atoms. The summed E-state index contributed by atoms with van der Waals surface area (Å²) in [6.45, 7) is 3.89. The van der Waals surface area contributed by atoms with E-state index in [2.05, 4.69) is 0 Å². The van der Waals surface area contributed by atoms with E-state index in [9.17, 15) is 0 Å². The number of fused-ring (bicyclic) bond motifs is 2. The van der Waals surface area contributed by atoms with Crippen molar-refractivity contribution >= 4 is 45.2 Å². The molecule has 0 radical (unpaired) electrons. The van der Waals surface area contributed by atoms with Gasteiger partial charge in [-0.05, 0) is 72.5 Å². The molecule has 0 aliphatic heterocycles. The lowest BCUT2D eigenvalue weighted by Crippen LogP contribution is -2.08. The first kappa shape index (κ1) is 30.4. The van der Waals surface area contributed by atoms with Gasteiger partial charge in [0.1, 0.15) is 22.7 Å². The molecule has 7 aromatic rings. The molecule has 0 atom stereocenters. The zero-order chi connectivity index (χ0) is 33.0. The number of hydrogen-bond donors (Lipinski definition) is 0. The van der Waals surface area contributed by atoms with E-state index in [4.69, 9.17) is 18.7 Å². The third kappa shape index (κ3) is 5.36. The SMILES string of the molecule is Cc1nc2c(-c3ccc(-c4ccc(N(C)C)cc4F)cc3)c3nsnc3c(-c3ccc(-c4ccc(N(C)C)cc4F)cc3)c2nc1C. The Balaban J connectivity index is 1.36. The van der Waals surface area contributed by atoms with Crippen LogP contribution in [0.15, 0.2) is 84.9 Å². The fourth-order valence-electron chi connectivity index (χ4n) is 5.91. The van der Waals surface area contributed by atoms with Crippen molar-refractivity contribution in [2.75, 3.05) is 38.0 Å². The van der Waals surface area contributed by atoms with E-state index in [0.29, 0.717) is 22.2 Å².